The van der Waals surface area contributed by atoms with Gasteiger partial charge in [-0.05, 0) is 84.6 Å². The third-order valence-corrected chi connectivity index (χ3v) is 8.54. The molecule has 2 heterocycles. The predicted molar refractivity (Wildman–Crippen MR) is 204 cm³/mol. The number of hydrogen-bond acceptors (Lipinski definition) is 12. The Morgan fingerprint density at radius 1 is 0.836 bits per heavy atom. The number of hydrogen-bond donors (Lipinski definition) is 2. The zero-order chi connectivity index (χ0) is 40.3. The zero-order valence-electron chi connectivity index (χ0n) is 33.0. The number of nitrogens with one attached hydrogen (secondary N) is 2. The first kappa shape index (κ1) is 42.2. The number of piperidine rings is 1. The standard InChI is InChI=1S/C39H54N6O10/c1-38(2,3)54-36(49)44-19-12-20-45(37(50)55-39(4,5)6)34(44)41-28-15-16-31(51-7)30(23-28)43-21-17-27(18-22-43)32(46)40-24-29(33(47)52-8)42-35(48)53-25-26-13-10-9-11-14-26/h9-11,13-16,23,27,29H,12,17-22,24-25H2,1-8H3,(H,40,46)(H,42,48)/t29-/m0/s1. The molecular weight excluding hydrogens is 712 g/mol. The van der Waals surface area contributed by atoms with E-state index in [0.29, 0.717) is 56.9 Å². The van der Waals surface area contributed by atoms with E-state index in [2.05, 4.69) is 15.5 Å². The van der Waals surface area contributed by atoms with Gasteiger partial charge >= 0.3 is 24.2 Å². The summed E-state index contributed by atoms with van der Waals surface area (Å²) in [5.74, 6) is -0.679. The van der Waals surface area contributed by atoms with E-state index in [0.717, 1.165) is 11.3 Å². The molecule has 0 bridgehead atoms. The summed E-state index contributed by atoms with van der Waals surface area (Å²) in [5.41, 5.74) is 0.407. The Hall–Kier alpha value is -5.54. The first-order valence-corrected chi connectivity index (χ1v) is 18.3. The highest BCUT2D eigenvalue weighted by Crippen LogP contribution is 2.36. The average molecular weight is 767 g/mol. The van der Waals surface area contributed by atoms with Gasteiger partial charge in [-0.2, -0.15) is 0 Å². The summed E-state index contributed by atoms with van der Waals surface area (Å²) in [6.07, 6.45) is -0.615. The molecule has 0 aliphatic carbocycles. The number of anilines is 1. The first-order chi connectivity index (χ1) is 26.0. The summed E-state index contributed by atoms with van der Waals surface area (Å²) in [4.78, 5) is 74.4. The van der Waals surface area contributed by atoms with Crippen LogP contribution in [0.3, 0.4) is 0 Å². The van der Waals surface area contributed by atoms with Gasteiger partial charge in [-0.25, -0.2) is 34.0 Å². The molecule has 0 saturated carbocycles. The Balaban J connectivity index is 1.45. The minimum Gasteiger partial charge on any atom is -0.495 e. The molecule has 2 aliphatic heterocycles. The van der Waals surface area contributed by atoms with Gasteiger partial charge in [0, 0.05) is 38.6 Å². The van der Waals surface area contributed by atoms with Gasteiger partial charge in [0.25, 0.3) is 0 Å². The molecule has 2 saturated heterocycles. The number of rotatable bonds is 10. The van der Waals surface area contributed by atoms with Crippen LogP contribution >= 0.6 is 0 Å². The molecule has 55 heavy (non-hydrogen) atoms. The second-order valence-corrected chi connectivity index (χ2v) is 15.2. The quantitative estimate of drug-likeness (QED) is 0.235. The van der Waals surface area contributed by atoms with Gasteiger partial charge in [0.1, 0.15) is 29.6 Å². The molecule has 0 radical (unpaired) electrons. The average Bonchev–Trinajstić information content (AvgIpc) is 3.14. The Bertz CT molecular complexity index is 1660. The van der Waals surface area contributed by atoms with Crippen LogP contribution < -0.4 is 20.3 Å². The molecule has 2 aromatic carbocycles. The van der Waals surface area contributed by atoms with Crippen LogP contribution in [0.4, 0.5) is 25.8 Å². The molecule has 2 aromatic rings. The van der Waals surface area contributed by atoms with Crippen molar-refractivity contribution < 1.29 is 47.7 Å². The lowest BCUT2D eigenvalue weighted by Crippen LogP contribution is -2.56. The number of carbonyl (C=O) groups excluding carboxylic acids is 5. The van der Waals surface area contributed by atoms with Crippen LogP contribution in [0.5, 0.6) is 5.75 Å². The van der Waals surface area contributed by atoms with E-state index in [4.69, 9.17) is 28.7 Å². The number of nitrogens with zero attached hydrogens (tertiary/aromatic N) is 4. The summed E-state index contributed by atoms with van der Waals surface area (Å²) in [7, 11) is 2.76. The molecule has 1 atom stereocenters. The van der Waals surface area contributed by atoms with Crippen molar-refractivity contribution in [3.05, 3.63) is 54.1 Å². The molecule has 0 aromatic heterocycles. The van der Waals surface area contributed by atoms with E-state index in [1.165, 1.54) is 16.9 Å². The lowest BCUT2D eigenvalue weighted by Gasteiger charge is -2.37. The molecule has 4 rings (SSSR count). The van der Waals surface area contributed by atoms with E-state index in [1.807, 2.05) is 24.3 Å². The second-order valence-electron chi connectivity index (χ2n) is 15.2. The minimum absolute atomic E-state index is 0.0156. The van der Waals surface area contributed by atoms with Crippen molar-refractivity contribution in [1.82, 2.24) is 20.4 Å². The Labute approximate surface area is 322 Å². The highest BCUT2D eigenvalue weighted by molar-refractivity contribution is 6.03. The molecule has 16 heteroatoms. The number of benzene rings is 2. The van der Waals surface area contributed by atoms with E-state index in [9.17, 15) is 24.0 Å². The predicted octanol–water partition coefficient (Wildman–Crippen LogP) is 5.36. The lowest BCUT2D eigenvalue weighted by atomic mass is 9.95. The van der Waals surface area contributed by atoms with Crippen molar-refractivity contribution in [3.63, 3.8) is 0 Å². The second kappa shape index (κ2) is 18.7. The van der Waals surface area contributed by atoms with Gasteiger partial charge in [-0.3, -0.25) is 4.79 Å². The van der Waals surface area contributed by atoms with Gasteiger partial charge in [-0.15, -0.1) is 0 Å². The molecule has 300 valence electrons. The van der Waals surface area contributed by atoms with Crippen LogP contribution in [0.2, 0.25) is 0 Å². The fourth-order valence-corrected chi connectivity index (χ4v) is 5.92. The highest BCUT2D eigenvalue weighted by atomic mass is 16.6. The minimum atomic E-state index is -1.15. The lowest BCUT2D eigenvalue weighted by molar-refractivity contribution is -0.143. The molecule has 0 unspecified atom stereocenters. The molecular formula is C39H54N6O10. The van der Waals surface area contributed by atoms with E-state index < -0.39 is 41.5 Å². The van der Waals surface area contributed by atoms with E-state index in [-0.39, 0.29) is 30.9 Å². The van der Waals surface area contributed by atoms with Crippen LogP contribution in [0.15, 0.2) is 53.5 Å². The normalized spacial score (nSPS) is 15.7. The van der Waals surface area contributed by atoms with Crippen molar-refractivity contribution in [2.24, 2.45) is 10.9 Å². The summed E-state index contributed by atoms with van der Waals surface area (Å²) in [5, 5.41) is 5.25. The SMILES string of the molecule is COC(=O)[C@H](CNC(=O)C1CCN(c2cc(N=C3N(C(=O)OC(C)(C)C)CCCN3C(=O)OC(C)(C)C)ccc2OC)CC1)NC(=O)OCc1ccccc1. The maximum atomic E-state index is 13.4. The summed E-state index contributed by atoms with van der Waals surface area (Å²) in [6, 6.07) is 13.2. The third kappa shape index (κ3) is 12.5. The molecule has 2 aliphatic rings. The molecule has 4 amide bonds. The van der Waals surface area contributed by atoms with Crippen LogP contribution in [0, 0.1) is 5.92 Å². The van der Waals surface area contributed by atoms with E-state index >= 15 is 0 Å². The molecule has 0 spiro atoms. The number of guanidine groups is 1. The smallest absolute Gasteiger partial charge is 0.417 e. The van der Waals surface area contributed by atoms with Gasteiger partial charge in [0.15, 0.2) is 0 Å². The third-order valence-electron chi connectivity index (χ3n) is 8.54. The Morgan fingerprint density at radius 2 is 1.44 bits per heavy atom. The maximum Gasteiger partial charge on any atom is 0.417 e. The number of amides is 4. The first-order valence-electron chi connectivity index (χ1n) is 18.3. The number of alkyl carbamates (subject to hydrolysis) is 1. The maximum absolute atomic E-state index is 13.4. The number of ether oxygens (including phenoxy) is 5. The summed E-state index contributed by atoms with van der Waals surface area (Å²) in [6.45, 7) is 12.0. The Kier molecular flexibility index (Phi) is 14.3. The fourth-order valence-electron chi connectivity index (χ4n) is 5.92. The molecule has 2 N–H and O–H groups in total. The summed E-state index contributed by atoms with van der Waals surface area (Å²) >= 11 is 0. The number of methoxy groups -OCH3 is 2. The number of aliphatic imine (C=N–C) groups is 1. The fraction of sp³-hybridized carbons (Fsp3) is 0.538. The van der Waals surface area contributed by atoms with Gasteiger partial charge in [0.2, 0.25) is 11.9 Å². The van der Waals surface area contributed by atoms with Crippen molar-refractivity contribution in [2.75, 3.05) is 51.8 Å². The van der Waals surface area contributed by atoms with Gasteiger partial charge in [0.05, 0.1) is 25.6 Å². The number of carbonyl (C=O) groups is 5. The zero-order valence-corrected chi connectivity index (χ0v) is 33.0. The topological polar surface area (TPSA) is 178 Å². The summed E-state index contributed by atoms with van der Waals surface area (Å²) < 4.78 is 27.1. The van der Waals surface area contributed by atoms with Gasteiger partial charge < -0.3 is 39.2 Å². The van der Waals surface area contributed by atoms with E-state index in [1.54, 1.807) is 72.9 Å². The van der Waals surface area contributed by atoms with Crippen LogP contribution in [0.25, 0.3) is 0 Å². The van der Waals surface area contributed by atoms with Crippen LogP contribution in [0.1, 0.15) is 66.4 Å². The largest absolute Gasteiger partial charge is 0.495 e. The number of esters is 1. The highest BCUT2D eigenvalue weighted by Gasteiger charge is 2.37. The van der Waals surface area contributed by atoms with Crippen molar-refractivity contribution in [2.45, 2.75) is 84.7 Å². The van der Waals surface area contributed by atoms with Crippen molar-refractivity contribution in [3.8, 4) is 5.75 Å². The van der Waals surface area contributed by atoms with Crippen LogP contribution in [-0.2, 0) is 35.1 Å². The van der Waals surface area contributed by atoms with Crippen molar-refractivity contribution in [1.29, 1.82) is 0 Å². The van der Waals surface area contributed by atoms with Crippen LogP contribution in [-0.4, -0.2) is 110 Å². The van der Waals surface area contributed by atoms with Crippen molar-refractivity contribution >= 4 is 47.5 Å². The monoisotopic (exact) mass is 766 g/mol. The molecule has 16 nitrogen and oxygen atoms in total. The molecule has 2 fully saturated rings. The Morgan fingerprint density at radius 3 is 1.98 bits per heavy atom. The van der Waals surface area contributed by atoms with Gasteiger partial charge in [-0.1, -0.05) is 30.3 Å².